The maximum atomic E-state index is 12.5. The predicted molar refractivity (Wildman–Crippen MR) is 113 cm³/mol. The van der Waals surface area contributed by atoms with Crippen LogP contribution in [0.25, 0.3) is 5.82 Å². The first-order valence-electron chi connectivity index (χ1n) is 8.79. The van der Waals surface area contributed by atoms with Crippen LogP contribution in [0.15, 0.2) is 78.2 Å². The van der Waals surface area contributed by atoms with Crippen LogP contribution in [-0.4, -0.2) is 27.9 Å². The van der Waals surface area contributed by atoms with E-state index in [9.17, 15) is 8.42 Å². The highest BCUT2D eigenvalue weighted by Crippen LogP contribution is 2.25. The molecular weight excluding hydrogens is 426 g/mol. The van der Waals surface area contributed by atoms with Gasteiger partial charge in [-0.2, -0.15) is 4.98 Å². The van der Waals surface area contributed by atoms with Crippen molar-refractivity contribution in [3.63, 3.8) is 0 Å². The van der Waals surface area contributed by atoms with Crippen molar-refractivity contribution in [2.45, 2.75) is 11.8 Å². The van der Waals surface area contributed by atoms with Crippen molar-refractivity contribution in [2.24, 2.45) is 0 Å². The summed E-state index contributed by atoms with van der Waals surface area (Å²) in [5.41, 5.74) is 0.389. The van der Waals surface area contributed by atoms with E-state index in [-0.39, 0.29) is 4.90 Å². The van der Waals surface area contributed by atoms with Gasteiger partial charge in [0.2, 0.25) is 5.88 Å². The molecule has 4 rings (SSSR count). The zero-order valence-corrected chi connectivity index (χ0v) is 17.3. The highest BCUT2D eigenvalue weighted by molar-refractivity contribution is 7.92. The third-order valence-corrected chi connectivity index (χ3v) is 5.62. The molecule has 0 spiro atoms. The summed E-state index contributed by atoms with van der Waals surface area (Å²) < 4.78 is 35.0. The lowest BCUT2D eigenvalue weighted by Gasteiger charge is -2.10. The van der Waals surface area contributed by atoms with Gasteiger partial charge in [-0.1, -0.05) is 17.7 Å². The second-order valence-corrected chi connectivity index (χ2v) is 8.39. The van der Waals surface area contributed by atoms with Crippen LogP contribution in [0.3, 0.4) is 0 Å². The average molecular weight is 442 g/mol. The topological polar surface area (TPSA) is 99.0 Å². The Kier molecular flexibility index (Phi) is 5.39. The number of imidazole rings is 1. The number of nitrogens with zero attached hydrogens (tertiary/aromatic N) is 4. The van der Waals surface area contributed by atoms with Gasteiger partial charge in [0, 0.05) is 29.2 Å². The van der Waals surface area contributed by atoms with Gasteiger partial charge in [0.15, 0.2) is 0 Å². The quantitative estimate of drug-likeness (QED) is 0.481. The number of ether oxygens (including phenoxy) is 1. The van der Waals surface area contributed by atoms with Crippen molar-refractivity contribution in [2.75, 3.05) is 4.72 Å². The number of halogens is 1. The van der Waals surface area contributed by atoms with Gasteiger partial charge in [0.1, 0.15) is 23.7 Å². The molecule has 0 bridgehead atoms. The van der Waals surface area contributed by atoms with Crippen LogP contribution in [0.1, 0.15) is 5.82 Å². The molecule has 0 fully saturated rings. The summed E-state index contributed by atoms with van der Waals surface area (Å²) in [5, 5.41) is 0.344. The van der Waals surface area contributed by atoms with E-state index in [1.807, 2.05) is 0 Å². The lowest BCUT2D eigenvalue weighted by molar-refractivity contribution is 0.459. The normalized spacial score (nSPS) is 11.3. The SMILES string of the molecule is Cc1nc(Oc2ccc(NS(=O)(=O)c3cccc(Cl)c3)cc2)cc(-n2ccnc2)n1. The van der Waals surface area contributed by atoms with Crippen molar-refractivity contribution < 1.29 is 13.2 Å². The highest BCUT2D eigenvalue weighted by atomic mass is 35.5. The first kappa shape index (κ1) is 19.9. The van der Waals surface area contributed by atoms with Gasteiger partial charge in [0.05, 0.1) is 4.90 Å². The second kappa shape index (κ2) is 8.13. The largest absolute Gasteiger partial charge is 0.439 e. The Hall–Kier alpha value is -3.43. The molecule has 0 saturated carbocycles. The Bertz CT molecular complexity index is 1280. The number of rotatable bonds is 6. The number of aryl methyl sites for hydroxylation is 1. The van der Waals surface area contributed by atoms with E-state index in [1.165, 1.54) is 12.1 Å². The number of anilines is 1. The minimum atomic E-state index is -3.75. The zero-order chi connectivity index (χ0) is 21.1. The maximum absolute atomic E-state index is 12.5. The van der Waals surface area contributed by atoms with E-state index in [1.54, 1.807) is 72.7 Å². The van der Waals surface area contributed by atoms with E-state index in [0.29, 0.717) is 34.0 Å². The summed E-state index contributed by atoms with van der Waals surface area (Å²) in [6.45, 7) is 1.76. The molecule has 4 aromatic rings. The molecule has 1 N–H and O–H groups in total. The summed E-state index contributed by atoms with van der Waals surface area (Å²) in [5.74, 6) is 2.02. The van der Waals surface area contributed by atoms with Crippen molar-refractivity contribution in [1.29, 1.82) is 0 Å². The minimum Gasteiger partial charge on any atom is -0.439 e. The number of hydrogen-bond acceptors (Lipinski definition) is 6. The second-order valence-electron chi connectivity index (χ2n) is 6.27. The fourth-order valence-corrected chi connectivity index (χ4v) is 4.02. The van der Waals surface area contributed by atoms with E-state index in [0.717, 1.165) is 0 Å². The number of aromatic nitrogens is 4. The van der Waals surface area contributed by atoms with Gasteiger partial charge in [-0.05, 0) is 49.4 Å². The molecule has 10 heteroatoms. The third-order valence-electron chi connectivity index (χ3n) is 4.01. The summed E-state index contributed by atoms with van der Waals surface area (Å²) in [4.78, 5) is 12.7. The summed E-state index contributed by atoms with van der Waals surface area (Å²) in [6.07, 6.45) is 5.06. The van der Waals surface area contributed by atoms with E-state index < -0.39 is 10.0 Å². The smallest absolute Gasteiger partial charge is 0.261 e. The zero-order valence-electron chi connectivity index (χ0n) is 15.7. The summed E-state index contributed by atoms with van der Waals surface area (Å²) >= 11 is 5.88. The molecule has 0 aliphatic carbocycles. The molecule has 2 heterocycles. The molecule has 8 nitrogen and oxygen atoms in total. The van der Waals surface area contributed by atoms with Crippen LogP contribution in [0, 0.1) is 6.92 Å². The summed E-state index contributed by atoms with van der Waals surface area (Å²) in [7, 11) is -3.75. The van der Waals surface area contributed by atoms with E-state index in [2.05, 4.69) is 19.7 Å². The minimum absolute atomic E-state index is 0.0822. The van der Waals surface area contributed by atoms with Gasteiger partial charge in [-0.25, -0.2) is 18.4 Å². The van der Waals surface area contributed by atoms with Gasteiger partial charge >= 0.3 is 0 Å². The molecule has 0 atom stereocenters. The lowest BCUT2D eigenvalue weighted by atomic mass is 10.3. The van der Waals surface area contributed by atoms with Crippen LogP contribution < -0.4 is 9.46 Å². The van der Waals surface area contributed by atoms with Gasteiger partial charge in [-0.15, -0.1) is 0 Å². The molecule has 2 aromatic heterocycles. The van der Waals surface area contributed by atoms with Crippen LogP contribution in [0.4, 0.5) is 5.69 Å². The standard InChI is InChI=1S/C20H16ClN5O3S/c1-14-23-19(26-10-9-22-13-26)12-20(24-14)29-17-7-5-16(6-8-17)25-30(27,28)18-4-2-3-15(21)11-18/h2-13,25H,1H3. The van der Waals surface area contributed by atoms with Crippen LogP contribution >= 0.6 is 11.6 Å². The molecule has 0 aliphatic heterocycles. The number of sulfonamides is 1. The monoisotopic (exact) mass is 441 g/mol. The van der Waals surface area contributed by atoms with Gasteiger partial charge < -0.3 is 4.74 Å². The Morgan fingerprint density at radius 3 is 2.57 bits per heavy atom. The number of nitrogens with one attached hydrogen (secondary N) is 1. The summed E-state index contributed by atoms with van der Waals surface area (Å²) in [6, 6.07) is 14.2. The Morgan fingerprint density at radius 1 is 1.07 bits per heavy atom. The lowest BCUT2D eigenvalue weighted by Crippen LogP contribution is -2.12. The molecular formula is C20H16ClN5O3S. The van der Waals surface area contributed by atoms with Crippen molar-refractivity contribution in [3.8, 4) is 17.4 Å². The van der Waals surface area contributed by atoms with Crippen molar-refractivity contribution in [3.05, 3.63) is 84.2 Å². The third kappa shape index (κ3) is 4.58. The Morgan fingerprint density at radius 2 is 1.87 bits per heavy atom. The Labute approximate surface area is 178 Å². The van der Waals surface area contributed by atoms with Crippen LogP contribution in [0.2, 0.25) is 5.02 Å². The first-order chi connectivity index (χ1) is 14.4. The molecule has 0 saturated heterocycles. The molecule has 152 valence electrons. The average Bonchev–Trinajstić information content (AvgIpc) is 3.24. The molecule has 0 aliphatic rings. The fraction of sp³-hybridized carbons (Fsp3) is 0.0500. The van der Waals surface area contributed by atoms with Crippen molar-refractivity contribution in [1.82, 2.24) is 19.5 Å². The molecule has 0 radical (unpaired) electrons. The Balaban J connectivity index is 1.51. The highest BCUT2D eigenvalue weighted by Gasteiger charge is 2.14. The van der Waals surface area contributed by atoms with Crippen LogP contribution in [0.5, 0.6) is 11.6 Å². The van der Waals surface area contributed by atoms with Gasteiger partial charge in [-0.3, -0.25) is 9.29 Å². The fourth-order valence-electron chi connectivity index (χ4n) is 2.66. The predicted octanol–water partition coefficient (Wildman–Crippen LogP) is 4.22. The number of benzene rings is 2. The molecule has 0 amide bonds. The maximum Gasteiger partial charge on any atom is 0.261 e. The van der Waals surface area contributed by atoms with E-state index >= 15 is 0 Å². The molecule has 30 heavy (non-hydrogen) atoms. The van der Waals surface area contributed by atoms with Crippen LogP contribution in [-0.2, 0) is 10.0 Å². The van der Waals surface area contributed by atoms with Crippen molar-refractivity contribution >= 4 is 27.3 Å². The first-order valence-corrected chi connectivity index (χ1v) is 10.7. The molecule has 0 unspecified atom stereocenters. The van der Waals surface area contributed by atoms with Gasteiger partial charge in [0.25, 0.3) is 10.0 Å². The molecule has 2 aromatic carbocycles. The van der Waals surface area contributed by atoms with E-state index in [4.69, 9.17) is 16.3 Å². The number of hydrogen-bond donors (Lipinski definition) is 1.